The van der Waals surface area contributed by atoms with E-state index in [0.29, 0.717) is 0 Å². The van der Waals surface area contributed by atoms with Crippen molar-refractivity contribution in [1.29, 1.82) is 0 Å². The van der Waals surface area contributed by atoms with Crippen LogP contribution in [0, 0.1) is 0 Å². The van der Waals surface area contributed by atoms with Gasteiger partial charge in [0.1, 0.15) is 0 Å². The zero-order valence-electron chi connectivity index (χ0n) is 7.11. The Morgan fingerprint density at radius 2 is 1.67 bits per heavy atom. The summed E-state index contributed by atoms with van der Waals surface area (Å²) in [6.07, 6.45) is 4.28. The molecule has 2 aliphatic rings. The van der Waals surface area contributed by atoms with Gasteiger partial charge in [-0.2, -0.15) is 0 Å². The summed E-state index contributed by atoms with van der Waals surface area (Å²) >= 11 is 0. The molecule has 1 heterocycles. The maximum atomic E-state index is 2.56. The minimum atomic E-state index is 0.896. The molecule has 0 radical (unpaired) electrons. The lowest BCUT2D eigenvalue weighted by molar-refractivity contribution is 0.777. The van der Waals surface area contributed by atoms with Crippen molar-refractivity contribution < 1.29 is 0 Å². The van der Waals surface area contributed by atoms with E-state index in [1.807, 2.05) is 0 Å². The Labute approximate surface area is 73.0 Å². The molecule has 1 saturated heterocycles. The van der Waals surface area contributed by atoms with E-state index in [-0.39, 0.29) is 0 Å². The van der Waals surface area contributed by atoms with Crippen LogP contribution in [0.4, 0.5) is 5.69 Å². The highest BCUT2D eigenvalue weighted by Crippen LogP contribution is 2.45. The van der Waals surface area contributed by atoms with Crippen molar-refractivity contribution in [2.75, 3.05) is 4.90 Å². The summed E-state index contributed by atoms with van der Waals surface area (Å²) in [6, 6.07) is 12.6. The second-order valence-electron chi connectivity index (χ2n) is 3.81. The van der Waals surface area contributed by atoms with E-state index in [1.165, 1.54) is 24.9 Å². The van der Waals surface area contributed by atoms with E-state index in [0.717, 1.165) is 12.1 Å². The first-order chi connectivity index (χ1) is 5.97. The van der Waals surface area contributed by atoms with Crippen molar-refractivity contribution in [2.45, 2.75) is 31.3 Å². The number of benzene rings is 1. The monoisotopic (exact) mass is 159 g/mol. The van der Waals surface area contributed by atoms with E-state index < -0.39 is 0 Å². The average Bonchev–Trinajstić information content (AvgIpc) is 2.62. The lowest BCUT2D eigenvalue weighted by atomic mass is 10.3. The van der Waals surface area contributed by atoms with Gasteiger partial charge in [0, 0.05) is 17.8 Å². The summed E-state index contributed by atoms with van der Waals surface area (Å²) in [5.41, 5.74) is 1.42. The van der Waals surface area contributed by atoms with Gasteiger partial charge in [-0.3, -0.25) is 0 Å². The summed E-state index contributed by atoms with van der Waals surface area (Å²) in [5, 5.41) is 0. The number of rotatable bonds is 1. The number of nitrogens with zero attached hydrogens (tertiary/aromatic N) is 1. The van der Waals surface area contributed by atoms with Crippen LogP contribution >= 0.6 is 0 Å². The molecule has 0 spiro atoms. The van der Waals surface area contributed by atoms with Crippen LogP contribution in [0.15, 0.2) is 30.3 Å². The Bertz CT molecular complexity index is 270. The molecule has 2 fully saturated rings. The third-order valence-corrected chi connectivity index (χ3v) is 3.12. The maximum Gasteiger partial charge on any atom is 0.0497 e. The van der Waals surface area contributed by atoms with Gasteiger partial charge in [0.2, 0.25) is 0 Å². The van der Waals surface area contributed by atoms with Crippen LogP contribution in [-0.2, 0) is 0 Å². The zero-order chi connectivity index (χ0) is 7.97. The van der Waals surface area contributed by atoms with Crippen LogP contribution in [-0.4, -0.2) is 12.1 Å². The Hall–Kier alpha value is -0.980. The molecule has 0 bridgehead atoms. The van der Waals surface area contributed by atoms with Crippen molar-refractivity contribution in [3.63, 3.8) is 0 Å². The van der Waals surface area contributed by atoms with Gasteiger partial charge in [-0.25, -0.2) is 0 Å². The number of hydrogen-bond acceptors (Lipinski definition) is 1. The van der Waals surface area contributed by atoms with E-state index in [1.54, 1.807) is 0 Å². The molecule has 12 heavy (non-hydrogen) atoms. The van der Waals surface area contributed by atoms with Gasteiger partial charge in [-0.05, 0) is 31.4 Å². The van der Waals surface area contributed by atoms with Crippen LogP contribution < -0.4 is 4.90 Å². The largest absolute Gasteiger partial charge is 0.361 e. The standard InChI is InChI=1S/C11H13N/c1-2-5-9(6-3-1)12-10-7-4-8-11(10)12/h1-3,5-6,10-11H,4,7-8H2/t10-,11+,12?. The molecule has 62 valence electrons. The molecular weight excluding hydrogens is 146 g/mol. The average molecular weight is 159 g/mol. The topological polar surface area (TPSA) is 3.01 Å². The Kier molecular flexibility index (Phi) is 1.23. The van der Waals surface area contributed by atoms with Crippen LogP contribution in [0.3, 0.4) is 0 Å². The Balaban J connectivity index is 1.85. The molecule has 1 aromatic rings. The van der Waals surface area contributed by atoms with E-state index >= 15 is 0 Å². The molecule has 0 N–H and O–H groups in total. The molecule has 1 aliphatic heterocycles. The SMILES string of the molecule is c1ccc(N2[C@@H]3CCC[C@@H]32)cc1. The number of para-hydroxylation sites is 1. The van der Waals surface area contributed by atoms with Crippen molar-refractivity contribution in [3.05, 3.63) is 30.3 Å². The highest BCUT2D eigenvalue weighted by Gasteiger charge is 2.50. The van der Waals surface area contributed by atoms with Crippen molar-refractivity contribution in [1.82, 2.24) is 0 Å². The van der Waals surface area contributed by atoms with Gasteiger partial charge in [0.25, 0.3) is 0 Å². The number of anilines is 1. The molecule has 1 nitrogen and oxygen atoms in total. The second-order valence-corrected chi connectivity index (χ2v) is 3.81. The molecule has 3 rings (SSSR count). The van der Waals surface area contributed by atoms with Gasteiger partial charge in [-0.15, -0.1) is 0 Å². The molecule has 2 atom stereocenters. The van der Waals surface area contributed by atoms with Gasteiger partial charge in [0.05, 0.1) is 0 Å². The molecule has 0 unspecified atom stereocenters. The van der Waals surface area contributed by atoms with Crippen LogP contribution in [0.5, 0.6) is 0 Å². The summed E-state index contributed by atoms with van der Waals surface area (Å²) in [7, 11) is 0. The minimum Gasteiger partial charge on any atom is -0.361 e. The first kappa shape index (κ1) is 6.53. The second kappa shape index (κ2) is 2.25. The van der Waals surface area contributed by atoms with Crippen molar-refractivity contribution in [2.24, 2.45) is 0 Å². The predicted octanol–water partition coefficient (Wildman–Crippen LogP) is 2.43. The maximum absolute atomic E-state index is 2.56. The number of fused-ring (bicyclic) bond motifs is 1. The molecule has 1 aliphatic carbocycles. The smallest absolute Gasteiger partial charge is 0.0497 e. The summed E-state index contributed by atoms with van der Waals surface area (Å²) < 4.78 is 0. The fraction of sp³-hybridized carbons (Fsp3) is 0.455. The van der Waals surface area contributed by atoms with Crippen molar-refractivity contribution >= 4 is 5.69 Å². The van der Waals surface area contributed by atoms with Crippen LogP contribution in [0.1, 0.15) is 19.3 Å². The molecule has 0 amide bonds. The summed E-state index contributed by atoms with van der Waals surface area (Å²) in [4.78, 5) is 2.56. The summed E-state index contributed by atoms with van der Waals surface area (Å²) in [5.74, 6) is 0. The van der Waals surface area contributed by atoms with Crippen LogP contribution in [0.25, 0.3) is 0 Å². The Morgan fingerprint density at radius 3 is 2.33 bits per heavy atom. The summed E-state index contributed by atoms with van der Waals surface area (Å²) in [6.45, 7) is 0. The van der Waals surface area contributed by atoms with E-state index in [9.17, 15) is 0 Å². The quantitative estimate of drug-likeness (QED) is 0.569. The lowest BCUT2D eigenvalue weighted by Crippen LogP contribution is -2.02. The normalized spacial score (nSPS) is 31.8. The number of piperidine rings is 1. The first-order valence-electron chi connectivity index (χ1n) is 4.80. The predicted molar refractivity (Wildman–Crippen MR) is 50.3 cm³/mol. The zero-order valence-corrected chi connectivity index (χ0v) is 7.11. The minimum absolute atomic E-state index is 0.896. The molecular formula is C11H13N. The Morgan fingerprint density at radius 1 is 1.00 bits per heavy atom. The molecule has 1 aromatic carbocycles. The van der Waals surface area contributed by atoms with Crippen molar-refractivity contribution in [3.8, 4) is 0 Å². The fourth-order valence-corrected chi connectivity index (χ4v) is 2.52. The fourth-order valence-electron chi connectivity index (χ4n) is 2.52. The van der Waals surface area contributed by atoms with E-state index in [4.69, 9.17) is 0 Å². The third-order valence-electron chi connectivity index (χ3n) is 3.12. The molecule has 1 saturated carbocycles. The van der Waals surface area contributed by atoms with Gasteiger partial charge in [-0.1, -0.05) is 18.2 Å². The highest BCUT2D eigenvalue weighted by atomic mass is 15.4. The van der Waals surface area contributed by atoms with Crippen LogP contribution in [0.2, 0.25) is 0 Å². The van der Waals surface area contributed by atoms with E-state index in [2.05, 4.69) is 35.2 Å². The lowest BCUT2D eigenvalue weighted by Gasteiger charge is -2.08. The first-order valence-corrected chi connectivity index (χ1v) is 4.80. The molecule has 0 aromatic heterocycles. The van der Waals surface area contributed by atoms with Gasteiger partial charge < -0.3 is 4.90 Å². The van der Waals surface area contributed by atoms with Gasteiger partial charge >= 0.3 is 0 Å². The molecule has 1 heteroatoms. The number of hydrogen-bond donors (Lipinski definition) is 0. The highest BCUT2D eigenvalue weighted by molar-refractivity contribution is 5.57. The van der Waals surface area contributed by atoms with Gasteiger partial charge in [0.15, 0.2) is 0 Å². The third kappa shape index (κ3) is 0.795.